The number of hydrogen-bond acceptors (Lipinski definition) is 4. The van der Waals surface area contributed by atoms with Crippen LogP contribution in [-0.2, 0) is 16.4 Å². The Kier molecular flexibility index (Phi) is 3.62. The molecule has 21 heavy (non-hydrogen) atoms. The van der Waals surface area contributed by atoms with Gasteiger partial charge in [-0.15, -0.1) is 0 Å². The molecular formula is C14H19N3O3S. The molecule has 1 fully saturated rings. The van der Waals surface area contributed by atoms with E-state index in [1.807, 2.05) is 18.2 Å². The lowest BCUT2D eigenvalue weighted by molar-refractivity contribution is 0.0698. The molecule has 6 nitrogen and oxygen atoms in total. The molecule has 1 saturated heterocycles. The van der Waals surface area contributed by atoms with E-state index in [1.165, 1.54) is 16.1 Å². The van der Waals surface area contributed by atoms with Crippen LogP contribution in [0, 0.1) is 0 Å². The number of hydrogen-bond donors (Lipinski definition) is 1. The molecular weight excluding hydrogens is 290 g/mol. The summed E-state index contributed by atoms with van der Waals surface area (Å²) in [6, 6.07) is 5.73. The Hall–Kier alpha value is -1.60. The molecule has 0 aliphatic carbocycles. The van der Waals surface area contributed by atoms with Crippen LogP contribution in [0.5, 0.6) is 0 Å². The molecule has 7 heteroatoms. The van der Waals surface area contributed by atoms with Crippen LogP contribution in [0.15, 0.2) is 18.2 Å². The number of amides is 1. The maximum atomic E-state index is 12.5. The minimum absolute atomic E-state index is 0.0159. The van der Waals surface area contributed by atoms with Crippen LogP contribution in [0.3, 0.4) is 0 Å². The third-order valence-corrected chi connectivity index (χ3v) is 5.36. The lowest BCUT2D eigenvalue weighted by atomic mass is 10.1. The molecule has 0 atom stereocenters. The van der Waals surface area contributed by atoms with E-state index < -0.39 is 10.0 Å². The van der Waals surface area contributed by atoms with Crippen molar-refractivity contribution in [1.29, 1.82) is 0 Å². The van der Waals surface area contributed by atoms with Crippen molar-refractivity contribution in [2.24, 2.45) is 0 Å². The van der Waals surface area contributed by atoms with Gasteiger partial charge in [-0.05, 0) is 30.2 Å². The molecule has 2 aliphatic rings. The largest absolute Gasteiger partial charge is 0.384 e. The van der Waals surface area contributed by atoms with Gasteiger partial charge in [-0.2, -0.15) is 4.31 Å². The molecule has 0 aromatic heterocycles. The Labute approximate surface area is 124 Å². The van der Waals surface area contributed by atoms with Crippen molar-refractivity contribution in [3.8, 4) is 0 Å². The van der Waals surface area contributed by atoms with Gasteiger partial charge in [0.15, 0.2) is 0 Å². The van der Waals surface area contributed by atoms with Crippen LogP contribution in [0.2, 0.25) is 0 Å². The third-order valence-electron chi connectivity index (χ3n) is 4.06. The van der Waals surface area contributed by atoms with Crippen molar-refractivity contribution in [3.63, 3.8) is 0 Å². The van der Waals surface area contributed by atoms with Crippen molar-refractivity contribution in [3.05, 3.63) is 29.3 Å². The van der Waals surface area contributed by atoms with Gasteiger partial charge in [-0.3, -0.25) is 4.79 Å². The van der Waals surface area contributed by atoms with Gasteiger partial charge in [0, 0.05) is 44.0 Å². The number of nitrogens with one attached hydrogen (secondary N) is 1. The zero-order valence-corrected chi connectivity index (χ0v) is 12.8. The number of benzene rings is 1. The van der Waals surface area contributed by atoms with E-state index in [1.54, 1.807) is 4.90 Å². The molecule has 3 rings (SSSR count). The highest BCUT2D eigenvalue weighted by Gasteiger charge is 2.27. The Morgan fingerprint density at radius 1 is 1.19 bits per heavy atom. The zero-order valence-electron chi connectivity index (χ0n) is 12.0. The molecule has 0 spiro atoms. The highest BCUT2D eigenvalue weighted by Crippen LogP contribution is 2.24. The number of fused-ring (bicyclic) bond motifs is 1. The number of carbonyl (C=O) groups excluding carboxylic acids is 1. The number of carbonyl (C=O) groups is 1. The summed E-state index contributed by atoms with van der Waals surface area (Å²) in [6.45, 7) is 2.55. The van der Waals surface area contributed by atoms with Crippen molar-refractivity contribution in [2.75, 3.05) is 44.3 Å². The van der Waals surface area contributed by atoms with E-state index in [-0.39, 0.29) is 5.91 Å². The Bertz CT molecular complexity index is 664. The molecule has 0 saturated carbocycles. The van der Waals surface area contributed by atoms with Gasteiger partial charge in [0.25, 0.3) is 5.91 Å². The van der Waals surface area contributed by atoms with Crippen LogP contribution in [0.1, 0.15) is 15.9 Å². The monoisotopic (exact) mass is 309 g/mol. The summed E-state index contributed by atoms with van der Waals surface area (Å²) >= 11 is 0. The van der Waals surface area contributed by atoms with Gasteiger partial charge in [0.05, 0.1) is 6.26 Å². The number of rotatable bonds is 2. The smallest absolute Gasteiger partial charge is 0.253 e. The first-order valence-corrected chi connectivity index (χ1v) is 8.91. The second kappa shape index (κ2) is 5.31. The van der Waals surface area contributed by atoms with Crippen LogP contribution >= 0.6 is 0 Å². The third kappa shape index (κ3) is 2.89. The fraction of sp³-hybridized carbons (Fsp3) is 0.500. The maximum Gasteiger partial charge on any atom is 0.253 e. The highest BCUT2D eigenvalue weighted by molar-refractivity contribution is 7.88. The van der Waals surface area contributed by atoms with E-state index in [9.17, 15) is 13.2 Å². The van der Waals surface area contributed by atoms with Crippen molar-refractivity contribution < 1.29 is 13.2 Å². The summed E-state index contributed by atoms with van der Waals surface area (Å²) in [4.78, 5) is 14.2. The Morgan fingerprint density at radius 2 is 1.90 bits per heavy atom. The summed E-state index contributed by atoms with van der Waals surface area (Å²) in [5.41, 5.74) is 2.97. The summed E-state index contributed by atoms with van der Waals surface area (Å²) in [5.74, 6) is -0.0159. The van der Waals surface area contributed by atoms with Crippen LogP contribution < -0.4 is 5.32 Å². The van der Waals surface area contributed by atoms with E-state index in [2.05, 4.69) is 5.32 Å². The summed E-state index contributed by atoms with van der Waals surface area (Å²) in [6.07, 6.45) is 2.15. The summed E-state index contributed by atoms with van der Waals surface area (Å²) in [7, 11) is -3.16. The van der Waals surface area contributed by atoms with Gasteiger partial charge in [0.2, 0.25) is 10.0 Å². The SMILES string of the molecule is CS(=O)(=O)N1CCN(C(=O)c2ccc3c(c2)CCN3)CC1. The lowest BCUT2D eigenvalue weighted by Gasteiger charge is -2.33. The average molecular weight is 309 g/mol. The van der Waals surface area contributed by atoms with Gasteiger partial charge < -0.3 is 10.2 Å². The lowest BCUT2D eigenvalue weighted by Crippen LogP contribution is -2.50. The van der Waals surface area contributed by atoms with Crippen LogP contribution in [0.25, 0.3) is 0 Å². The van der Waals surface area contributed by atoms with Crippen LogP contribution in [-0.4, -0.2) is 62.5 Å². The molecule has 0 unspecified atom stereocenters. The predicted octanol–water partition coefficient (Wildman–Crippen LogP) is 0.372. The molecule has 0 bridgehead atoms. The number of sulfonamides is 1. The first-order chi connectivity index (χ1) is 9.95. The minimum Gasteiger partial charge on any atom is -0.384 e. The standard InChI is InChI=1S/C14H19N3O3S/c1-21(19,20)17-8-6-16(7-9-17)14(18)12-2-3-13-11(10-12)4-5-15-13/h2-3,10,15H,4-9H2,1H3. The number of nitrogens with zero attached hydrogens (tertiary/aromatic N) is 2. The van der Waals surface area contributed by atoms with Crippen molar-refractivity contribution in [2.45, 2.75) is 6.42 Å². The van der Waals surface area contributed by atoms with Gasteiger partial charge in [-0.25, -0.2) is 8.42 Å². The fourth-order valence-corrected chi connectivity index (χ4v) is 3.67. The summed E-state index contributed by atoms with van der Waals surface area (Å²) < 4.78 is 24.4. The summed E-state index contributed by atoms with van der Waals surface area (Å²) in [5, 5.41) is 3.27. The molecule has 0 radical (unpaired) electrons. The first kappa shape index (κ1) is 14.3. The molecule has 114 valence electrons. The van der Waals surface area contributed by atoms with Crippen molar-refractivity contribution >= 4 is 21.6 Å². The molecule has 1 aromatic carbocycles. The maximum absolute atomic E-state index is 12.5. The number of anilines is 1. The van der Waals surface area contributed by atoms with Crippen molar-refractivity contribution in [1.82, 2.24) is 9.21 Å². The van der Waals surface area contributed by atoms with E-state index in [0.717, 1.165) is 18.7 Å². The van der Waals surface area contributed by atoms with E-state index >= 15 is 0 Å². The zero-order chi connectivity index (χ0) is 15.0. The minimum atomic E-state index is -3.16. The Balaban J connectivity index is 1.70. The first-order valence-electron chi connectivity index (χ1n) is 7.06. The van der Waals surface area contributed by atoms with Gasteiger partial charge in [-0.1, -0.05) is 0 Å². The molecule has 2 aliphatic heterocycles. The van der Waals surface area contributed by atoms with Crippen LogP contribution in [0.4, 0.5) is 5.69 Å². The second-order valence-electron chi connectivity index (χ2n) is 5.50. The molecule has 2 heterocycles. The predicted molar refractivity (Wildman–Crippen MR) is 81.0 cm³/mol. The fourth-order valence-electron chi connectivity index (χ4n) is 2.84. The van der Waals surface area contributed by atoms with E-state index in [0.29, 0.717) is 31.7 Å². The molecule has 1 amide bonds. The average Bonchev–Trinajstić information content (AvgIpc) is 2.93. The normalized spacial score (nSPS) is 19.2. The highest BCUT2D eigenvalue weighted by atomic mass is 32.2. The van der Waals surface area contributed by atoms with E-state index in [4.69, 9.17) is 0 Å². The quantitative estimate of drug-likeness (QED) is 0.857. The van der Waals surface area contributed by atoms with Gasteiger partial charge >= 0.3 is 0 Å². The topological polar surface area (TPSA) is 69.7 Å². The van der Waals surface area contributed by atoms with Gasteiger partial charge in [0.1, 0.15) is 0 Å². The molecule has 1 aromatic rings. The molecule has 1 N–H and O–H groups in total. The second-order valence-corrected chi connectivity index (χ2v) is 7.49. The Morgan fingerprint density at radius 3 is 2.57 bits per heavy atom. The number of piperazine rings is 1.